The van der Waals surface area contributed by atoms with Gasteiger partial charge in [0.15, 0.2) is 10.7 Å². The molecule has 0 amide bonds. The maximum absolute atomic E-state index is 6.82. The molecular formula is C35H46OS2. The third-order valence-corrected chi connectivity index (χ3v) is 8.62. The van der Waals surface area contributed by atoms with Gasteiger partial charge in [0.05, 0.1) is 5.75 Å². The van der Waals surface area contributed by atoms with Crippen LogP contribution in [0.25, 0.3) is 0 Å². The maximum atomic E-state index is 6.82. The first-order valence-corrected chi connectivity index (χ1v) is 16.3. The molecule has 0 aliphatic rings. The quantitative estimate of drug-likeness (QED) is 0.0840. The highest BCUT2D eigenvalue weighted by Crippen LogP contribution is 2.41. The van der Waals surface area contributed by atoms with Gasteiger partial charge in [0, 0.05) is 16.7 Å². The highest BCUT2D eigenvalue weighted by atomic mass is 32.2. The zero-order valence-corrected chi connectivity index (χ0v) is 24.9. The fourth-order valence-electron chi connectivity index (χ4n) is 5.10. The summed E-state index contributed by atoms with van der Waals surface area (Å²) in [5, 5.41) is 0.658. The lowest BCUT2D eigenvalue weighted by molar-refractivity contribution is 0.145. The summed E-state index contributed by atoms with van der Waals surface area (Å²) in [6.07, 6.45) is 16.6. The lowest BCUT2D eigenvalue weighted by Crippen LogP contribution is -2.35. The van der Waals surface area contributed by atoms with Crippen LogP contribution in [-0.2, 0) is 10.3 Å². The lowest BCUT2D eigenvalue weighted by atomic mass is 9.80. The van der Waals surface area contributed by atoms with Crippen LogP contribution in [0.5, 0.6) is 0 Å². The molecule has 0 bridgehead atoms. The van der Waals surface area contributed by atoms with Crippen molar-refractivity contribution in [3.63, 3.8) is 0 Å². The predicted molar refractivity (Wildman–Crippen MR) is 171 cm³/mol. The van der Waals surface area contributed by atoms with Gasteiger partial charge in [-0.2, -0.15) is 11.8 Å². The number of hydrogen-bond donors (Lipinski definition) is 0. The second-order valence-corrected chi connectivity index (χ2v) is 11.8. The van der Waals surface area contributed by atoms with Gasteiger partial charge in [0.25, 0.3) is 0 Å². The van der Waals surface area contributed by atoms with Crippen LogP contribution in [0.2, 0.25) is 0 Å². The molecule has 0 unspecified atom stereocenters. The second kappa shape index (κ2) is 18.2. The van der Waals surface area contributed by atoms with Crippen molar-refractivity contribution >= 4 is 29.0 Å². The first-order chi connectivity index (χ1) is 18.8. The molecule has 38 heavy (non-hydrogen) atoms. The molecule has 0 aliphatic heterocycles. The Morgan fingerprint density at radius 1 is 0.579 bits per heavy atom. The molecule has 0 N–H and O–H groups in total. The Morgan fingerprint density at radius 2 is 0.947 bits per heavy atom. The number of thiocarbonyl (C=S) groups is 1. The van der Waals surface area contributed by atoms with E-state index < -0.39 is 5.60 Å². The highest BCUT2D eigenvalue weighted by molar-refractivity contribution is 8.01. The summed E-state index contributed by atoms with van der Waals surface area (Å²) < 4.78 is 6.82. The number of rotatable bonds is 19. The first kappa shape index (κ1) is 30.4. The molecule has 0 saturated carbocycles. The third kappa shape index (κ3) is 9.89. The van der Waals surface area contributed by atoms with Crippen molar-refractivity contribution in [2.45, 2.75) is 89.6 Å². The molecule has 3 aromatic carbocycles. The Labute approximate surface area is 241 Å². The Morgan fingerprint density at radius 3 is 1.34 bits per heavy atom. The predicted octanol–water partition coefficient (Wildman–Crippen LogP) is 10.8. The van der Waals surface area contributed by atoms with Crippen LogP contribution >= 0.6 is 24.0 Å². The van der Waals surface area contributed by atoms with E-state index >= 15 is 0 Å². The van der Waals surface area contributed by atoms with E-state index in [0.717, 1.165) is 28.2 Å². The van der Waals surface area contributed by atoms with Crippen LogP contribution < -0.4 is 0 Å². The molecule has 3 heteroatoms. The molecule has 1 nitrogen and oxygen atoms in total. The topological polar surface area (TPSA) is 9.23 Å². The van der Waals surface area contributed by atoms with E-state index in [1.54, 1.807) is 0 Å². The minimum atomic E-state index is -0.766. The van der Waals surface area contributed by atoms with E-state index in [4.69, 9.17) is 17.0 Å². The van der Waals surface area contributed by atoms with Crippen LogP contribution in [0.4, 0.5) is 0 Å². The molecule has 0 aliphatic carbocycles. The third-order valence-electron chi connectivity index (χ3n) is 7.17. The second-order valence-electron chi connectivity index (χ2n) is 10.2. The Kier molecular flexibility index (Phi) is 14.6. The lowest BCUT2D eigenvalue weighted by Gasteiger charge is -2.36. The fourth-order valence-corrected chi connectivity index (χ4v) is 6.25. The first-order valence-electron chi connectivity index (χ1n) is 14.7. The number of unbranched alkanes of at least 4 members (excludes halogenated alkanes) is 11. The number of benzene rings is 3. The molecule has 204 valence electrons. The molecule has 0 aromatic heterocycles. The van der Waals surface area contributed by atoms with Crippen molar-refractivity contribution in [2.75, 3.05) is 11.5 Å². The maximum Gasteiger partial charge on any atom is 0.185 e. The Bertz CT molecular complexity index is 907. The van der Waals surface area contributed by atoms with Crippen LogP contribution in [0.15, 0.2) is 91.0 Å². The summed E-state index contributed by atoms with van der Waals surface area (Å²) in [5.74, 6) is 1.87. The smallest absolute Gasteiger partial charge is 0.185 e. The average molecular weight is 547 g/mol. The summed E-state index contributed by atoms with van der Waals surface area (Å²) in [7, 11) is 0. The van der Waals surface area contributed by atoms with Gasteiger partial charge in [-0.15, -0.1) is 0 Å². The van der Waals surface area contributed by atoms with Crippen molar-refractivity contribution < 1.29 is 4.74 Å². The van der Waals surface area contributed by atoms with E-state index in [-0.39, 0.29) is 0 Å². The average Bonchev–Trinajstić information content (AvgIpc) is 2.97. The standard InChI is InChI=1S/C35H46OS2/c1-2-3-4-5-6-7-8-9-10-11-12-22-29-38-30-34(37)36-35(31-23-16-13-17-24-31,32-25-18-14-19-26-32)33-27-20-15-21-28-33/h13-21,23-28H,2-12,22,29-30H2,1H3. The van der Waals surface area contributed by atoms with Crippen LogP contribution in [0.1, 0.15) is 101 Å². The van der Waals surface area contributed by atoms with Gasteiger partial charge in [0.1, 0.15) is 0 Å². The summed E-state index contributed by atoms with van der Waals surface area (Å²) in [4.78, 5) is 0. The Hall–Kier alpha value is -2.10. The molecule has 0 spiro atoms. The van der Waals surface area contributed by atoms with Crippen LogP contribution in [0, 0.1) is 0 Å². The van der Waals surface area contributed by atoms with Gasteiger partial charge in [-0.25, -0.2) is 0 Å². The van der Waals surface area contributed by atoms with Crippen molar-refractivity contribution in [3.05, 3.63) is 108 Å². The minimum Gasteiger partial charge on any atom is -0.466 e. The number of thioether (sulfide) groups is 1. The zero-order valence-electron chi connectivity index (χ0n) is 23.3. The summed E-state index contributed by atoms with van der Waals surface area (Å²) in [6.45, 7) is 2.29. The molecule has 0 saturated heterocycles. The van der Waals surface area contributed by atoms with Crippen molar-refractivity contribution in [3.8, 4) is 0 Å². The van der Waals surface area contributed by atoms with Gasteiger partial charge in [-0.3, -0.25) is 0 Å². The largest absolute Gasteiger partial charge is 0.466 e. The van der Waals surface area contributed by atoms with E-state index in [1.807, 2.05) is 30.0 Å². The van der Waals surface area contributed by atoms with Gasteiger partial charge in [-0.05, 0) is 24.4 Å². The molecule has 0 atom stereocenters. The fraction of sp³-hybridized carbons (Fsp3) is 0.457. The summed E-state index contributed by atoms with van der Waals surface area (Å²) in [6, 6.07) is 31.4. The van der Waals surface area contributed by atoms with Gasteiger partial charge in [-0.1, -0.05) is 169 Å². The molecular weight excluding hydrogens is 501 g/mol. The number of hydrogen-bond acceptors (Lipinski definition) is 3. The zero-order chi connectivity index (χ0) is 26.7. The SMILES string of the molecule is CCCCCCCCCCCCCCSCC(=S)OC(c1ccccc1)(c1ccccc1)c1ccccc1. The van der Waals surface area contributed by atoms with E-state index in [0.29, 0.717) is 5.05 Å². The van der Waals surface area contributed by atoms with E-state index in [9.17, 15) is 0 Å². The van der Waals surface area contributed by atoms with Crippen LogP contribution in [0.3, 0.4) is 0 Å². The van der Waals surface area contributed by atoms with Gasteiger partial charge < -0.3 is 4.74 Å². The summed E-state index contributed by atoms with van der Waals surface area (Å²) in [5.41, 5.74) is 2.50. The van der Waals surface area contributed by atoms with E-state index in [1.165, 1.54) is 77.0 Å². The van der Waals surface area contributed by atoms with E-state index in [2.05, 4.69) is 79.7 Å². The minimum absolute atomic E-state index is 0.658. The summed E-state index contributed by atoms with van der Waals surface area (Å²) >= 11 is 7.76. The van der Waals surface area contributed by atoms with Crippen LogP contribution in [-0.4, -0.2) is 16.6 Å². The van der Waals surface area contributed by atoms with Crippen molar-refractivity contribution in [1.82, 2.24) is 0 Å². The Balaban J connectivity index is 1.47. The van der Waals surface area contributed by atoms with Crippen molar-refractivity contribution in [1.29, 1.82) is 0 Å². The normalized spacial score (nSPS) is 11.4. The molecule has 3 aromatic rings. The van der Waals surface area contributed by atoms with Gasteiger partial charge >= 0.3 is 0 Å². The molecule has 0 radical (unpaired) electrons. The van der Waals surface area contributed by atoms with Gasteiger partial charge in [0.2, 0.25) is 0 Å². The monoisotopic (exact) mass is 546 g/mol. The number of ether oxygens (including phenoxy) is 1. The molecule has 0 heterocycles. The highest BCUT2D eigenvalue weighted by Gasteiger charge is 2.39. The molecule has 3 rings (SSSR count). The molecule has 0 fully saturated rings. The van der Waals surface area contributed by atoms with Crippen molar-refractivity contribution in [2.24, 2.45) is 0 Å².